The molecular formula is C15H23NO2S. The van der Waals surface area contributed by atoms with Gasteiger partial charge in [0.1, 0.15) is 0 Å². The van der Waals surface area contributed by atoms with Crippen molar-refractivity contribution in [2.45, 2.75) is 44.4 Å². The average Bonchev–Trinajstić information content (AvgIpc) is 2.40. The molecule has 1 saturated heterocycles. The highest BCUT2D eigenvalue weighted by molar-refractivity contribution is 7.89. The van der Waals surface area contributed by atoms with Gasteiger partial charge in [-0.15, -0.1) is 0 Å². The second-order valence-corrected chi connectivity index (χ2v) is 7.44. The number of benzene rings is 1. The minimum absolute atomic E-state index is 0.432. The number of aryl methyl sites for hydroxylation is 1. The molecule has 2 rings (SSSR count). The predicted octanol–water partition coefficient (Wildman–Crippen LogP) is 3.06. The van der Waals surface area contributed by atoms with Gasteiger partial charge in [-0.2, -0.15) is 4.31 Å². The molecule has 0 N–H and O–H groups in total. The molecule has 3 nitrogen and oxygen atoms in total. The maximum absolute atomic E-state index is 12.5. The van der Waals surface area contributed by atoms with Crippen molar-refractivity contribution in [1.82, 2.24) is 4.31 Å². The first-order valence-electron chi connectivity index (χ1n) is 7.13. The van der Waals surface area contributed by atoms with Crippen LogP contribution >= 0.6 is 0 Å². The maximum Gasteiger partial charge on any atom is 0.243 e. The molecule has 1 atom stereocenters. The van der Waals surface area contributed by atoms with Crippen LogP contribution in [-0.2, 0) is 16.4 Å². The Morgan fingerprint density at radius 1 is 1.26 bits per heavy atom. The molecule has 0 aromatic heterocycles. The number of hydrogen-bond acceptors (Lipinski definition) is 2. The van der Waals surface area contributed by atoms with E-state index in [-0.39, 0.29) is 0 Å². The summed E-state index contributed by atoms with van der Waals surface area (Å²) < 4.78 is 26.7. The Bertz CT molecular complexity index is 507. The molecule has 0 saturated carbocycles. The van der Waals surface area contributed by atoms with Crippen molar-refractivity contribution in [3.05, 3.63) is 29.8 Å². The van der Waals surface area contributed by atoms with Crippen LogP contribution < -0.4 is 0 Å². The van der Waals surface area contributed by atoms with Crippen LogP contribution in [0.5, 0.6) is 0 Å². The van der Waals surface area contributed by atoms with Gasteiger partial charge < -0.3 is 0 Å². The number of rotatable bonds is 4. The van der Waals surface area contributed by atoms with Crippen LogP contribution in [0.15, 0.2) is 29.2 Å². The molecule has 1 aromatic carbocycles. The van der Waals surface area contributed by atoms with E-state index in [1.165, 1.54) is 5.56 Å². The summed E-state index contributed by atoms with van der Waals surface area (Å²) >= 11 is 0. The van der Waals surface area contributed by atoms with Crippen LogP contribution in [0.3, 0.4) is 0 Å². The molecule has 1 fully saturated rings. The highest BCUT2D eigenvalue weighted by Crippen LogP contribution is 2.23. The fourth-order valence-electron chi connectivity index (χ4n) is 2.63. The van der Waals surface area contributed by atoms with E-state index < -0.39 is 10.0 Å². The molecule has 1 aromatic rings. The van der Waals surface area contributed by atoms with Crippen LogP contribution in [-0.4, -0.2) is 25.8 Å². The van der Waals surface area contributed by atoms with Crippen molar-refractivity contribution in [3.8, 4) is 0 Å². The highest BCUT2D eigenvalue weighted by atomic mass is 32.2. The van der Waals surface area contributed by atoms with Gasteiger partial charge in [0.25, 0.3) is 0 Å². The van der Waals surface area contributed by atoms with Gasteiger partial charge in [-0.25, -0.2) is 8.42 Å². The van der Waals surface area contributed by atoms with E-state index in [1.807, 2.05) is 12.1 Å². The average molecular weight is 281 g/mol. The SMILES string of the molecule is CCCc1ccc(S(=O)(=O)N2CCCC(C)C2)cc1. The zero-order valence-electron chi connectivity index (χ0n) is 11.8. The summed E-state index contributed by atoms with van der Waals surface area (Å²) in [5, 5.41) is 0. The zero-order valence-corrected chi connectivity index (χ0v) is 12.6. The summed E-state index contributed by atoms with van der Waals surface area (Å²) in [4.78, 5) is 0.432. The van der Waals surface area contributed by atoms with E-state index in [2.05, 4.69) is 13.8 Å². The lowest BCUT2D eigenvalue weighted by atomic mass is 10.0. The highest BCUT2D eigenvalue weighted by Gasteiger charge is 2.28. The van der Waals surface area contributed by atoms with E-state index in [0.717, 1.165) is 25.7 Å². The van der Waals surface area contributed by atoms with Crippen LogP contribution in [0, 0.1) is 5.92 Å². The second kappa shape index (κ2) is 6.06. The standard InChI is InChI=1S/C15H23NO2S/c1-3-5-14-7-9-15(10-8-14)19(17,18)16-11-4-6-13(2)12-16/h7-10,13H,3-6,11-12H2,1-2H3. The zero-order chi connectivity index (χ0) is 13.9. The summed E-state index contributed by atoms with van der Waals surface area (Å²) in [5.74, 6) is 0.461. The monoisotopic (exact) mass is 281 g/mol. The summed E-state index contributed by atoms with van der Waals surface area (Å²) in [7, 11) is -3.29. The fraction of sp³-hybridized carbons (Fsp3) is 0.600. The third-order valence-electron chi connectivity index (χ3n) is 3.72. The minimum Gasteiger partial charge on any atom is -0.207 e. The van der Waals surface area contributed by atoms with Crippen molar-refractivity contribution >= 4 is 10.0 Å². The molecule has 0 radical (unpaired) electrons. The lowest BCUT2D eigenvalue weighted by Crippen LogP contribution is -2.39. The topological polar surface area (TPSA) is 37.4 Å². The minimum atomic E-state index is -3.29. The van der Waals surface area contributed by atoms with Crippen LogP contribution in [0.4, 0.5) is 0 Å². The van der Waals surface area contributed by atoms with E-state index in [1.54, 1.807) is 16.4 Å². The summed E-state index contributed by atoms with van der Waals surface area (Å²) in [6.07, 6.45) is 4.17. The lowest BCUT2D eigenvalue weighted by Gasteiger charge is -2.30. The van der Waals surface area contributed by atoms with Gasteiger partial charge in [-0.3, -0.25) is 0 Å². The molecule has 106 valence electrons. The van der Waals surface area contributed by atoms with Gasteiger partial charge in [0, 0.05) is 13.1 Å². The van der Waals surface area contributed by atoms with E-state index >= 15 is 0 Å². The molecule has 1 unspecified atom stereocenters. The molecule has 0 amide bonds. The van der Waals surface area contributed by atoms with Gasteiger partial charge in [-0.05, 0) is 42.9 Å². The Kier molecular flexibility index (Phi) is 4.63. The third-order valence-corrected chi connectivity index (χ3v) is 5.60. The van der Waals surface area contributed by atoms with Crippen LogP contribution in [0.1, 0.15) is 38.7 Å². The molecule has 1 heterocycles. The summed E-state index contributed by atoms with van der Waals surface area (Å²) in [6, 6.07) is 7.37. The fourth-order valence-corrected chi connectivity index (χ4v) is 4.23. The number of sulfonamides is 1. The lowest BCUT2D eigenvalue weighted by molar-refractivity contribution is 0.281. The first kappa shape index (κ1) is 14.5. The quantitative estimate of drug-likeness (QED) is 0.850. The summed E-state index contributed by atoms with van der Waals surface area (Å²) in [6.45, 7) is 5.55. The van der Waals surface area contributed by atoms with Gasteiger partial charge in [0.2, 0.25) is 10.0 Å². The third kappa shape index (κ3) is 3.37. The molecule has 0 aliphatic carbocycles. The second-order valence-electron chi connectivity index (χ2n) is 5.50. The molecule has 4 heteroatoms. The van der Waals surface area contributed by atoms with Gasteiger partial charge in [0.05, 0.1) is 4.90 Å². The normalized spacial score (nSPS) is 21.5. The predicted molar refractivity (Wildman–Crippen MR) is 77.6 cm³/mol. The first-order chi connectivity index (χ1) is 9.04. The van der Waals surface area contributed by atoms with Crippen molar-refractivity contribution in [3.63, 3.8) is 0 Å². The Labute approximate surface area is 116 Å². The largest absolute Gasteiger partial charge is 0.243 e. The smallest absolute Gasteiger partial charge is 0.207 e. The summed E-state index contributed by atoms with van der Waals surface area (Å²) in [5.41, 5.74) is 1.20. The Morgan fingerprint density at radius 3 is 2.53 bits per heavy atom. The van der Waals surface area contributed by atoms with E-state index in [9.17, 15) is 8.42 Å². The maximum atomic E-state index is 12.5. The van der Waals surface area contributed by atoms with E-state index in [0.29, 0.717) is 23.9 Å². The van der Waals surface area contributed by atoms with Crippen molar-refractivity contribution in [1.29, 1.82) is 0 Å². The molecule has 0 bridgehead atoms. The Balaban J connectivity index is 2.18. The molecule has 0 spiro atoms. The Morgan fingerprint density at radius 2 is 1.95 bits per heavy atom. The van der Waals surface area contributed by atoms with Gasteiger partial charge in [0.15, 0.2) is 0 Å². The van der Waals surface area contributed by atoms with Crippen molar-refractivity contribution in [2.24, 2.45) is 5.92 Å². The number of piperidine rings is 1. The first-order valence-corrected chi connectivity index (χ1v) is 8.57. The number of nitrogens with zero attached hydrogens (tertiary/aromatic N) is 1. The van der Waals surface area contributed by atoms with Crippen molar-refractivity contribution in [2.75, 3.05) is 13.1 Å². The van der Waals surface area contributed by atoms with Gasteiger partial charge >= 0.3 is 0 Å². The molecular weight excluding hydrogens is 258 g/mol. The molecule has 19 heavy (non-hydrogen) atoms. The molecule has 1 aliphatic rings. The molecule has 1 aliphatic heterocycles. The number of hydrogen-bond donors (Lipinski definition) is 0. The van der Waals surface area contributed by atoms with Gasteiger partial charge in [-0.1, -0.05) is 32.4 Å². The Hall–Kier alpha value is -0.870. The van der Waals surface area contributed by atoms with E-state index in [4.69, 9.17) is 0 Å². The van der Waals surface area contributed by atoms with Crippen LogP contribution in [0.2, 0.25) is 0 Å². The van der Waals surface area contributed by atoms with Crippen molar-refractivity contribution < 1.29 is 8.42 Å². The van der Waals surface area contributed by atoms with Crippen LogP contribution in [0.25, 0.3) is 0 Å².